The first-order valence-corrected chi connectivity index (χ1v) is 5.84. The molecule has 1 heterocycles. The smallest absolute Gasteiger partial charge is 0.237 e. The van der Waals surface area contributed by atoms with E-state index in [-0.39, 0.29) is 5.91 Å². The van der Waals surface area contributed by atoms with Crippen molar-refractivity contribution in [2.24, 2.45) is 10.1 Å². The molecule has 0 bridgehead atoms. The molecule has 2 rings (SSSR count). The van der Waals surface area contributed by atoms with Crippen molar-refractivity contribution >= 4 is 28.5 Å². The zero-order valence-electron chi connectivity index (χ0n) is 8.80. The molecule has 0 unspecified atom stereocenters. The van der Waals surface area contributed by atoms with Crippen molar-refractivity contribution in [3.8, 4) is 0 Å². The molecule has 1 aromatic carbocycles. The fourth-order valence-electron chi connectivity index (χ4n) is 1.28. The lowest BCUT2D eigenvalue weighted by Crippen LogP contribution is -2.13. The molecule has 1 amide bonds. The fourth-order valence-corrected chi connectivity index (χ4v) is 2.06. The van der Waals surface area contributed by atoms with Crippen LogP contribution in [0.3, 0.4) is 0 Å². The predicted molar refractivity (Wildman–Crippen MR) is 66.7 cm³/mol. The van der Waals surface area contributed by atoms with E-state index in [1.807, 2.05) is 30.3 Å². The Morgan fingerprint density at radius 3 is 2.88 bits per heavy atom. The molecule has 16 heavy (non-hydrogen) atoms. The van der Waals surface area contributed by atoms with E-state index in [0.29, 0.717) is 5.17 Å². The van der Waals surface area contributed by atoms with E-state index < -0.39 is 0 Å². The van der Waals surface area contributed by atoms with Crippen molar-refractivity contribution in [2.75, 3.05) is 5.75 Å². The predicted octanol–water partition coefficient (Wildman–Crippen LogP) is 1.63. The minimum absolute atomic E-state index is 0.184. The summed E-state index contributed by atoms with van der Waals surface area (Å²) in [5.74, 6) is 0.610. The maximum atomic E-state index is 10.7. The second-order valence-corrected chi connectivity index (χ2v) is 4.22. The van der Waals surface area contributed by atoms with E-state index in [4.69, 9.17) is 0 Å². The Balaban J connectivity index is 2.12. The minimum atomic E-state index is -0.184. The van der Waals surface area contributed by atoms with Crippen LogP contribution in [0.1, 0.15) is 12.5 Å². The van der Waals surface area contributed by atoms with Crippen LogP contribution in [-0.2, 0) is 4.79 Å². The number of carbonyl (C=O) groups excluding carboxylic acids is 1. The Morgan fingerprint density at radius 2 is 2.19 bits per heavy atom. The quantitative estimate of drug-likeness (QED) is 0.789. The van der Waals surface area contributed by atoms with Gasteiger partial charge in [0.25, 0.3) is 0 Å². The topological polar surface area (TPSA) is 53.8 Å². The van der Waals surface area contributed by atoms with Crippen molar-refractivity contribution < 1.29 is 4.79 Å². The fraction of sp³-hybridized carbons (Fsp3) is 0.182. The van der Waals surface area contributed by atoms with Gasteiger partial charge < -0.3 is 0 Å². The summed E-state index contributed by atoms with van der Waals surface area (Å²) in [6, 6.07) is 9.96. The Labute approximate surface area is 97.8 Å². The highest BCUT2D eigenvalue weighted by atomic mass is 32.2. The van der Waals surface area contributed by atoms with Crippen LogP contribution in [0.4, 0.5) is 0 Å². The maximum Gasteiger partial charge on any atom is 0.237 e. The van der Waals surface area contributed by atoms with Crippen molar-refractivity contribution in [3.05, 3.63) is 35.9 Å². The number of nitrogens with zero attached hydrogens (tertiary/aromatic N) is 2. The van der Waals surface area contributed by atoms with Crippen molar-refractivity contribution in [3.63, 3.8) is 0 Å². The third-order valence-electron chi connectivity index (χ3n) is 1.98. The summed E-state index contributed by atoms with van der Waals surface area (Å²) in [6.45, 7) is 1.42. The van der Waals surface area contributed by atoms with Gasteiger partial charge in [-0.2, -0.15) is 0 Å². The van der Waals surface area contributed by atoms with Gasteiger partial charge in [-0.05, 0) is 5.56 Å². The molecule has 0 spiro atoms. The van der Waals surface area contributed by atoms with Crippen molar-refractivity contribution in [1.82, 2.24) is 5.43 Å². The number of rotatable bonds is 2. The molecule has 1 aromatic rings. The van der Waals surface area contributed by atoms with E-state index in [0.717, 1.165) is 17.0 Å². The molecule has 82 valence electrons. The van der Waals surface area contributed by atoms with Crippen LogP contribution >= 0.6 is 11.8 Å². The van der Waals surface area contributed by atoms with Crippen LogP contribution in [-0.4, -0.2) is 22.5 Å². The molecule has 0 aromatic heterocycles. The Morgan fingerprint density at radius 1 is 1.44 bits per heavy atom. The Hall–Kier alpha value is -1.62. The van der Waals surface area contributed by atoms with Crippen LogP contribution in [0.25, 0.3) is 0 Å². The summed E-state index contributed by atoms with van der Waals surface area (Å²) in [5.41, 5.74) is 4.48. The summed E-state index contributed by atoms with van der Waals surface area (Å²) >= 11 is 1.52. The van der Waals surface area contributed by atoms with Crippen molar-refractivity contribution in [2.45, 2.75) is 6.92 Å². The highest BCUT2D eigenvalue weighted by molar-refractivity contribution is 8.15. The van der Waals surface area contributed by atoms with Crippen LogP contribution in [0.15, 0.2) is 40.4 Å². The molecule has 0 saturated heterocycles. The molecule has 1 aliphatic heterocycles. The number of hydrogen-bond acceptors (Lipinski definition) is 3. The SMILES string of the molecule is CC(=O)N/N=C1/N=C(c2ccccc2)CS1. The zero-order chi connectivity index (χ0) is 11.4. The molecule has 1 N–H and O–H groups in total. The molecule has 1 aliphatic rings. The summed E-state index contributed by atoms with van der Waals surface area (Å²) in [7, 11) is 0. The largest absolute Gasteiger partial charge is 0.274 e. The van der Waals surface area contributed by atoms with Crippen LogP contribution < -0.4 is 5.43 Å². The van der Waals surface area contributed by atoms with Gasteiger partial charge in [-0.3, -0.25) is 4.79 Å². The number of thioether (sulfide) groups is 1. The van der Waals surface area contributed by atoms with Crippen LogP contribution in [0.5, 0.6) is 0 Å². The Bertz CT molecular complexity index is 454. The second kappa shape index (κ2) is 4.94. The van der Waals surface area contributed by atoms with Gasteiger partial charge in [0, 0.05) is 12.7 Å². The molecule has 0 radical (unpaired) electrons. The summed E-state index contributed by atoms with van der Waals surface area (Å²) < 4.78 is 0. The molecule has 0 aliphatic carbocycles. The van der Waals surface area contributed by atoms with Gasteiger partial charge in [0.1, 0.15) is 0 Å². The summed E-state index contributed by atoms with van der Waals surface area (Å²) in [4.78, 5) is 15.0. The van der Waals surface area contributed by atoms with E-state index in [2.05, 4.69) is 15.5 Å². The zero-order valence-corrected chi connectivity index (χ0v) is 9.62. The number of hydrazone groups is 1. The second-order valence-electron chi connectivity index (χ2n) is 3.28. The van der Waals surface area contributed by atoms with Gasteiger partial charge in [-0.1, -0.05) is 42.1 Å². The van der Waals surface area contributed by atoms with Gasteiger partial charge in [-0.25, -0.2) is 10.4 Å². The van der Waals surface area contributed by atoms with Gasteiger partial charge in [0.15, 0.2) is 0 Å². The van der Waals surface area contributed by atoms with Crippen LogP contribution in [0, 0.1) is 0 Å². The number of hydrogen-bond donors (Lipinski definition) is 1. The first-order valence-electron chi connectivity index (χ1n) is 4.86. The van der Waals surface area contributed by atoms with E-state index in [1.165, 1.54) is 18.7 Å². The number of benzene rings is 1. The third-order valence-corrected chi connectivity index (χ3v) is 2.84. The lowest BCUT2D eigenvalue weighted by molar-refractivity contribution is -0.118. The lowest BCUT2D eigenvalue weighted by atomic mass is 10.1. The highest BCUT2D eigenvalue weighted by Gasteiger charge is 2.14. The molecular weight excluding hydrogens is 222 g/mol. The van der Waals surface area contributed by atoms with E-state index >= 15 is 0 Å². The average Bonchev–Trinajstić information content (AvgIpc) is 2.76. The number of amidine groups is 1. The minimum Gasteiger partial charge on any atom is -0.274 e. The van der Waals surface area contributed by atoms with Gasteiger partial charge >= 0.3 is 0 Å². The van der Waals surface area contributed by atoms with E-state index in [1.54, 1.807) is 0 Å². The standard InChI is InChI=1S/C11H11N3OS/c1-8(15)13-14-11-12-10(7-16-11)9-5-3-2-4-6-9/h2-6H,7H2,1H3,(H,13,15)/b14-11-. The molecule has 0 fully saturated rings. The molecule has 4 nitrogen and oxygen atoms in total. The molecule has 0 saturated carbocycles. The lowest BCUT2D eigenvalue weighted by Gasteiger charge is -1.96. The molecule has 5 heteroatoms. The van der Waals surface area contributed by atoms with Gasteiger partial charge in [-0.15, -0.1) is 5.10 Å². The highest BCUT2D eigenvalue weighted by Crippen LogP contribution is 2.18. The van der Waals surface area contributed by atoms with Gasteiger partial charge in [0.05, 0.1) is 5.71 Å². The van der Waals surface area contributed by atoms with Crippen molar-refractivity contribution in [1.29, 1.82) is 0 Å². The molecular formula is C11H11N3OS. The molecule has 0 atom stereocenters. The third kappa shape index (κ3) is 2.70. The Kier molecular flexibility index (Phi) is 3.36. The normalized spacial score (nSPS) is 17.3. The number of amides is 1. The first kappa shape index (κ1) is 10.9. The number of aliphatic imine (C=N–C) groups is 1. The monoisotopic (exact) mass is 233 g/mol. The first-order chi connectivity index (χ1) is 7.75. The van der Waals surface area contributed by atoms with Crippen LogP contribution in [0.2, 0.25) is 0 Å². The summed E-state index contributed by atoms with van der Waals surface area (Å²) in [5, 5.41) is 4.50. The van der Waals surface area contributed by atoms with Gasteiger partial charge in [0.2, 0.25) is 11.1 Å². The van der Waals surface area contributed by atoms with E-state index in [9.17, 15) is 4.79 Å². The number of carbonyl (C=O) groups is 1. The summed E-state index contributed by atoms with van der Waals surface area (Å²) in [6.07, 6.45) is 0. The number of nitrogens with one attached hydrogen (secondary N) is 1. The average molecular weight is 233 g/mol. The maximum absolute atomic E-state index is 10.7.